The lowest BCUT2D eigenvalue weighted by Gasteiger charge is -2.33. The molecule has 0 amide bonds. The molecule has 1 aliphatic heterocycles. The number of benzene rings is 1. The van der Waals surface area contributed by atoms with Gasteiger partial charge in [0, 0.05) is 12.3 Å². The Hall–Kier alpha value is -1.50. The summed E-state index contributed by atoms with van der Waals surface area (Å²) in [5.74, 6) is 0.606. The van der Waals surface area contributed by atoms with Crippen molar-refractivity contribution in [2.24, 2.45) is 5.92 Å². The zero-order chi connectivity index (χ0) is 11.5. The molecule has 1 heteroatoms. The Labute approximate surface area is 103 Å². The molecule has 0 fully saturated rings. The molecule has 0 saturated heterocycles. The lowest BCUT2D eigenvalue weighted by Crippen LogP contribution is -2.30. The maximum atomic E-state index is 5.83. The molecule has 0 spiro atoms. The Bertz CT molecular complexity index is 430. The van der Waals surface area contributed by atoms with Crippen LogP contribution in [0.3, 0.4) is 0 Å². The normalized spacial score (nSPS) is 26.9. The summed E-state index contributed by atoms with van der Waals surface area (Å²) in [6, 6.07) is 10.6. The molecular weight excluding hydrogens is 208 g/mol. The minimum atomic E-state index is 0.328. The van der Waals surface area contributed by atoms with Gasteiger partial charge in [0.05, 0.1) is 6.26 Å². The SMILES string of the molecule is C1=CC2=CCCCC2C(Cc2ccccc2)O1. The molecule has 2 aliphatic rings. The van der Waals surface area contributed by atoms with E-state index >= 15 is 0 Å². The topological polar surface area (TPSA) is 9.23 Å². The first-order valence-electron chi connectivity index (χ1n) is 6.49. The third-order valence-corrected chi connectivity index (χ3v) is 3.77. The van der Waals surface area contributed by atoms with Gasteiger partial charge in [-0.15, -0.1) is 0 Å². The predicted octanol–water partition coefficient (Wildman–Crippen LogP) is 3.87. The van der Waals surface area contributed by atoms with E-state index in [1.54, 1.807) is 0 Å². The van der Waals surface area contributed by atoms with Crippen molar-refractivity contribution in [2.75, 3.05) is 0 Å². The van der Waals surface area contributed by atoms with Crippen molar-refractivity contribution < 1.29 is 4.74 Å². The van der Waals surface area contributed by atoms with Crippen molar-refractivity contribution in [1.29, 1.82) is 0 Å². The second-order valence-corrected chi connectivity index (χ2v) is 4.91. The maximum Gasteiger partial charge on any atom is 0.109 e. The molecule has 0 aromatic heterocycles. The van der Waals surface area contributed by atoms with Gasteiger partial charge < -0.3 is 4.74 Å². The minimum Gasteiger partial charge on any atom is -0.497 e. The summed E-state index contributed by atoms with van der Waals surface area (Å²) in [6.07, 6.45) is 11.6. The van der Waals surface area contributed by atoms with E-state index < -0.39 is 0 Å². The van der Waals surface area contributed by atoms with Crippen LogP contribution in [0.5, 0.6) is 0 Å². The molecular formula is C16H18O. The summed E-state index contributed by atoms with van der Waals surface area (Å²) in [4.78, 5) is 0. The fourth-order valence-corrected chi connectivity index (χ4v) is 2.87. The van der Waals surface area contributed by atoms with Gasteiger partial charge in [0.15, 0.2) is 0 Å². The van der Waals surface area contributed by atoms with E-state index in [0.717, 1.165) is 6.42 Å². The average Bonchev–Trinajstić information content (AvgIpc) is 2.40. The number of hydrogen-bond donors (Lipinski definition) is 0. The minimum absolute atomic E-state index is 0.328. The first-order chi connectivity index (χ1) is 8.43. The fraction of sp³-hybridized carbons (Fsp3) is 0.375. The van der Waals surface area contributed by atoms with Crippen LogP contribution in [-0.4, -0.2) is 6.10 Å². The molecule has 2 unspecified atom stereocenters. The van der Waals surface area contributed by atoms with Crippen LogP contribution >= 0.6 is 0 Å². The quantitative estimate of drug-likeness (QED) is 0.744. The lowest BCUT2D eigenvalue weighted by molar-refractivity contribution is 0.0850. The maximum absolute atomic E-state index is 5.83. The Balaban J connectivity index is 1.78. The van der Waals surface area contributed by atoms with Gasteiger partial charge in [0.2, 0.25) is 0 Å². The Morgan fingerprint density at radius 2 is 2.06 bits per heavy atom. The largest absolute Gasteiger partial charge is 0.497 e. The van der Waals surface area contributed by atoms with E-state index in [1.165, 1.54) is 30.4 Å². The number of hydrogen-bond acceptors (Lipinski definition) is 1. The van der Waals surface area contributed by atoms with E-state index in [4.69, 9.17) is 4.74 Å². The standard InChI is InChI=1S/C16H18O/c1-2-6-13(7-3-1)12-16-15-9-5-4-8-14(15)10-11-17-16/h1-3,6-8,10-11,15-16H,4-5,9,12H2. The molecule has 0 bridgehead atoms. The van der Waals surface area contributed by atoms with Crippen LogP contribution in [0.2, 0.25) is 0 Å². The van der Waals surface area contributed by atoms with Gasteiger partial charge in [0.1, 0.15) is 6.10 Å². The molecule has 1 nitrogen and oxygen atoms in total. The number of allylic oxidation sites excluding steroid dienone is 2. The van der Waals surface area contributed by atoms with E-state index in [0.29, 0.717) is 12.0 Å². The summed E-state index contributed by atoms with van der Waals surface area (Å²) >= 11 is 0. The molecule has 17 heavy (non-hydrogen) atoms. The van der Waals surface area contributed by atoms with Crippen molar-refractivity contribution in [2.45, 2.75) is 31.8 Å². The molecule has 2 atom stereocenters. The summed E-state index contributed by atoms with van der Waals surface area (Å²) in [7, 11) is 0. The first kappa shape index (κ1) is 10.6. The van der Waals surface area contributed by atoms with Crippen LogP contribution in [-0.2, 0) is 11.2 Å². The average molecular weight is 226 g/mol. The number of rotatable bonds is 2. The molecule has 88 valence electrons. The van der Waals surface area contributed by atoms with Gasteiger partial charge in [-0.2, -0.15) is 0 Å². The van der Waals surface area contributed by atoms with Crippen LogP contribution < -0.4 is 0 Å². The molecule has 1 heterocycles. The molecule has 0 N–H and O–H groups in total. The highest BCUT2D eigenvalue weighted by molar-refractivity contribution is 5.27. The molecule has 3 rings (SSSR count). The second-order valence-electron chi connectivity index (χ2n) is 4.91. The van der Waals surface area contributed by atoms with Crippen LogP contribution in [0.1, 0.15) is 24.8 Å². The molecule has 1 aliphatic carbocycles. The fourth-order valence-electron chi connectivity index (χ4n) is 2.87. The zero-order valence-corrected chi connectivity index (χ0v) is 10.0. The summed E-state index contributed by atoms with van der Waals surface area (Å²) < 4.78 is 5.83. The molecule has 1 aromatic rings. The first-order valence-corrected chi connectivity index (χ1v) is 6.49. The van der Waals surface area contributed by atoms with Crippen LogP contribution in [0.15, 0.2) is 54.3 Å². The van der Waals surface area contributed by atoms with Gasteiger partial charge in [-0.1, -0.05) is 36.4 Å². The third-order valence-electron chi connectivity index (χ3n) is 3.77. The van der Waals surface area contributed by atoms with Crippen molar-refractivity contribution in [3.8, 4) is 0 Å². The predicted molar refractivity (Wildman–Crippen MR) is 69.6 cm³/mol. The van der Waals surface area contributed by atoms with E-state index in [1.807, 2.05) is 6.26 Å². The van der Waals surface area contributed by atoms with Gasteiger partial charge >= 0.3 is 0 Å². The van der Waals surface area contributed by atoms with Crippen molar-refractivity contribution in [1.82, 2.24) is 0 Å². The molecule has 0 radical (unpaired) electrons. The lowest BCUT2D eigenvalue weighted by atomic mass is 9.80. The highest BCUT2D eigenvalue weighted by Crippen LogP contribution is 2.34. The Morgan fingerprint density at radius 3 is 2.94 bits per heavy atom. The second kappa shape index (κ2) is 4.79. The Kier molecular flexibility index (Phi) is 3.00. The highest BCUT2D eigenvalue weighted by Gasteiger charge is 2.29. The number of fused-ring (bicyclic) bond motifs is 1. The van der Waals surface area contributed by atoms with Gasteiger partial charge in [-0.25, -0.2) is 0 Å². The zero-order valence-electron chi connectivity index (χ0n) is 10.0. The van der Waals surface area contributed by atoms with Crippen molar-refractivity contribution in [3.05, 3.63) is 59.9 Å². The smallest absolute Gasteiger partial charge is 0.109 e. The Morgan fingerprint density at radius 1 is 1.18 bits per heavy atom. The van der Waals surface area contributed by atoms with Gasteiger partial charge in [-0.05, 0) is 36.5 Å². The van der Waals surface area contributed by atoms with Gasteiger partial charge in [0.25, 0.3) is 0 Å². The summed E-state index contributed by atoms with van der Waals surface area (Å²) in [5, 5.41) is 0. The van der Waals surface area contributed by atoms with E-state index in [9.17, 15) is 0 Å². The summed E-state index contributed by atoms with van der Waals surface area (Å²) in [6.45, 7) is 0. The van der Waals surface area contributed by atoms with E-state index in [2.05, 4.69) is 42.5 Å². The molecule has 0 saturated carbocycles. The summed E-state index contributed by atoms with van der Waals surface area (Å²) in [5.41, 5.74) is 2.86. The van der Waals surface area contributed by atoms with Crippen molar-refractivity contribution >= 4 is 0 Å². The van der Waals surface area contributed by atoms with Crippen LogP contribution in [0.4, 0.5) is 0 Å². The molecule has 1 aromatic carbocycles. The monoisotopic (exact) mass is 226 g/mol. The van der Waals surface area contributed by atoms with E-state index in [-0.39, 0.29) is 0 Å². The highest BCUT2D eigenvalue weighted by atomic mass is 16.5. The van der Waals surface area contributed by atoms with Crippen LogP contribution in [0.25, 0.3) is 0 Å². The van der Waals surface area contributed by atoms with Gasteiger partial charge in [-0.3, -0.25) is 0 Å². The van der Waals surface area contributed by atoms with Crippen LogP contribution in [0, 0.1) is 5.92 Å². The van der Waals surface area contributed by atoms with Crippen molar-refractivity contribution in [3.63, 3.8) is 0 Å². The number of ether oxygens (including phenoxy) is 1. The third kappa shape index (κ3) is 2.28.